The summed E-state index contributed by atoms with van der Waals surface area (Å²) in [4.78, 5) is 12.6. The number of hydrogen-bond donors (Lipinski definition) is 1. The third-order valence-electron chi connectivity index (χ3n) is 4.48. The number of thioether (sulfide) groups is 1. The van der Waals surface area contributed by atoms with Crippen LogP contribution in [-0.4, -0.2) is 24.3 Å². The molecule has 3 nitrogen and oxygen atoms in total. The largest absolute Gasteiger partial charge is 0.480 e. The lowest BCUT2D eigenvalue weighted by molar-refractivity contribution is -0.127. The SMILES string of the molecule is CC[C@H](Oc1cccc2ccccc12)C(=O)NCCSCc1ccc(Cl)c(Cl)c1. The first-order valence-electron chi connectivity index (χ1n) is 9.52. The smallest absolute Gasteiger partial charge is 0.261 e. The third-order valence-corrected chi connectivity index (χ3v) is 6.25. The van der Waals surface area contributed by atoms with E-state index in [1.165, 1.54) is 0 Å². The van der Waals surface area contributed by atoms with Crippen molar-refractivity contribution in [3.63, 3.8) is 0 Å². The van der Waals surface area contributed by atoms with E-state index in [-0.39, 0.29) is 5.91 Å². The number of halogens is 2. The van der Waals surface area contributed by atoms with Crippen molar-refractivity contribution in [3.8, 4) is 5.75 Å². The topological polar surface area (TPSA) is 38.3 Å². The quantitative estimate of drug-likeness (QED) is 0.388. The van der Waals surface area contributed by atoms with E-state index >= 15 is 0 Å². The predicted octanol–water partition coefficient (Wildman–Crippen LogP) is 6.35. The zero-order valence-electron chi connectivity index (χ0n) is 16.2. The number of hydrogen-bond acceptors (Lipinski definition) is 3. The Labute approximate surface area is 185 Å². The minimum Gasteiger partial charge on any atom is -0.480 e. The fourth-order valence-electron chi connectivity index (χ4n) is 2.95. The molecular formula is C23H23Cl2NO2S. The van der Waals surface area contributed by atoms with Gasteiger partial charge in [0.2, 0.25) is 0 Å². The fraction of sp³-hybridized carbons (Fsp3) is 0.261. The zero-order valence-corrected chi connectivity index (χ0v) is 18.5. The number of carbonyl (C=O) groups excluding carboxylic acids is 1. The lowest BCUT2D eigenvalue weighted by Gasteiger charge is -2.18. The second-order valence-electron chi connectivity index (χ2n) is 6.58. The predicted molar refractivity (Wildman–Crippen MR) is 124 cm³/mol. The van der Waals surface area contributed by atoms with E-state index in [2.05, 4.69) is 5.32 Å². The summed E-state index contributed by atoms with van der Waals surface area (Å²) >= 11 is 13.7. The molecule has 0 spiro atoms. The van der Waals surface area contributed by atoms with Gasteiger partial charge >= 0.3 is 0 Å². The van der Waals surface area contributed by atoms with Crippen LogP contribution in [0.1, 0.15) is 18.9 Å². The van der Waals surface area contributed by atoms with Crippen LogP contribution in [0.3, 0.4) is 0 Å². The summed E-state index contributed by atoms with van der Waals surface area (Å²) in [6.45, 7) is 2.54. The standard InChI is InChI=1S/C23H23Cl2NO2S/c1-2-21(28-22-9-5-7-17-6-3-4-8-18(17)22)23(27)26-12-13-29-15-16-10-11-19(24)20(25)14-16/h3-11,14,21H,2,12-13,15H2,1H3,(H,26,27)/t21-/m0/s1. The molecule has 0 aliphatic heterocycles. The minimum atomic E-state index is -0.513. The van der Waals surface area contributed by atoms with Crippen molar-refractivity contribution < 1.29 is 9.53 Å². The average Bonchev–Trinajstić information content (AvgIpc) is 2.74. The molecule has 0 aromatic heterocycles. The molecule has 3 aromatic rings. The molecule has 0 unspecified atom stereocenters. The Hall–Kier alpha value is -1.88. The van der Waals surface area contributed by atoms with Crippen LogP contribution in [0.15, 0.2) is 60.7 Å². The number of ether oxygens (including phenoxy) is 1. The monoisotopic (exact) mass is 447 g/mol. The number of fused-ring (bicyclic) bond motifs is 1. The molecule has 0 bridgehead atoms. The van der Waals surface area contributed by atoms with Crippen LogP contribution in [0.4, 0.5) is 0 Å². The summed E-state index contributed by atoms with van der Waals surface area (Å²) in [5.74, 6) is 2.27. The Morgan fingerprint density at radius 3 is 2.66 bits per heavy atom. The van der Waals surface area contributed by atoms with Crippen LogP contribution in [-0.2, 0) is 10.5 Å². The zero-order chi connectivity index (χ0) is 20.6. The highest BCUT2D eigenvalue weighted by Crippen LogP contribution is 2.27. The van der Waals surface area contributed by atoms with Gasteiger partial charge < -0.3 is 10.1 Å². The Morgan fingerprint density at radius 2 is 1.86 bits per heavy atom. The summed E-state index contributed by atoms with van der Waals surface area (Å²) in [6.07, 6.45) is 0.0896. The molecule has 0 aliphatic rings. The van der Waals surface area contributed by atoms with Crippen LogP contribution in [0, 0.1) is 0 Å². The van der Waals surface area contributed by atoms with Gasteiger partial charge in [0.05, 0.1) is 10.0 Å². The highest BCUT2D eigenvalue weighted by Gasteiger charge is 2.18. The van der Waals surface area contributed by atoms with Crippen molar-refractivity contribution in [2.24, 2.45) is 0 Å². The van der Waals surface area contributed by atoms with Gasteiger partial charge in [-0.25, -0.2) is 0 Å². The summed E-state index contributed by atoms with van der Waals surface area (Å²) < 4.78 is 6.04. The highest BCUT2D eigenvalue weighted by atomic mass is 35.5. The molecule has 0 heterocycles. The molecule has 3 rings (SSSR count). The van der Waals surface area contributed by atoms with E-state index in [4.69, 9.17) is 27.9 Å². The average molecular weight is 448 g/mol. The first-order valence-corrected chi connectivity index (χ1v) is 11.4. The molecule has 1 amide bonds. The Bertz CT molecular complexity index is 975. The van der Waals surface area contributed by atoms with E-state index in [1.807, 2.05) is 61.5 Å². The van der Waals surface area contributed by atoms with Gasteiger partial charge in [-0.3, -0.25) is 4.79 Å². The number of amides is 1. The van der Waals surface area contributed by atoms with Crippen molar-refractivity contribution >= 4 is 51.6 Å². The van der Waals surface area contributed by atoms with E-state index in [9.17, 15) is 4.79 Å². The second-order valence-corrected chi connectivity index (χ2v) is 8.50. The minimum absolute atomic E-state index is 0.0874. The Kier molecular flexibility index (Phi) is 8.10. The first kappa shape index (κ1) is 21.8. The molecule has 3 aromatic carbocycles. The highest BCUT2D eigenvalue weighted by molar-refractivity contribution is 7.98. The van der Waals surface area contributed by atoms with Crippen LogP contribution in [0.25, 0.3) is 10.8 Å². The van der Waals surface area contributed by atoms with Gasteiger partial charge in [-0.2, -0.15) is 11.8 Å². The molecule has 1 atom stereocenters. The maximum absolute atomic E-state index is 12.6. The summed E-state index contributed by atoms with van der Waals surface area (Å²) in [5, 5.41) is 6.21. The van der Waals surface area contributed by atoms with Crippen molar-refractivity contribution in [2.45, 2.75) is 25.2 Å². The number of rotatable bonds is 9. The fourth-order valence-corrected chi connectivity index (χ4v) is 4.08. The normalized spacial score (nSPS) is 12.0. The summed E-state index contributed by atoms with van der Waals surface area (Å²) in [7, 11) is 0. The van der Waals surface area contributed by atoms with E-state index < -0.39 is 6.10 Å². The van der Waals surface area contributed by atoms with E-state index in [1.54, 1.807) is 17.8 Å². The molecule has 0 fully saturated rings. The van der Waals surface area contributed by atoms with Gasteiger partial charge in [0, 0.05) is 23.4 Å². The molecule has 152 valence electrons. The van der Waals surface area contributed by atoms with Gasteiger partial charge in [0.15, 0.2) is 6.10 Å². The molecule has 0 saturated carbocycles. The molecule has 0 aliphatic carbocycles. The van der Waals surface area contributed by atoms with Crippen LogP contribution < -0.4 is 10.1 Å². The summed E-state index contributed by atoms with van der Waals surface area (Å²) in [6, 6.07) is 19.5. The van der Waals surface area contributed by atoms with Crippen molar-refractivity contribution in [2.75, 3.05) is 12.3 Å². The molecule has 0 radical (unpaired) electrons. The maximum atomic E-state index is 12.6. The maximum Gasteiger partial charge on any atom is 0.261 e. The molecule has 29 heavy (non-hydrogen) atoms. The van der Waals surface area contributed by atoms with Crippen molar-refractivity contribution in [3.05, 3.63) is 76.3 Å². The number of benzene rings is 3. The number of nitrogens with one attached hydrogen (secondary N) is 1. The molecule has 6 heteroatoms. The van der Waals surface area contributed by atoms with Crippen molar-refractivity contribution in [1.82, 2.24) is 5.32 Å². The van der Waals surface area contributed by atoms with Gasteiger partial charge in [0.25, 0.3) is 5.91 Å². The molecular weight excluding hydrogens is 425 g/mol. The van der Waals surface area contributed by atoms with Crippen molar-refractivity contribution in [1.29, 1.82) is 0 Å². The van der Waals surface area contributed by atoms with Gasteiger partial charge in [-0.15, -0.1) is 0 Å². The van der Waals surface area contributed by atoms with Gasteiger partial charge in [0.1, 0.15) is 5.75 Å². The third kappa shape index (κ3) is 6.05. The second kappa shape index (κ2) is 10.8. The Morgan fingerprint density at radius 1 is 1.07 bits per heavy atom. The molecule has 0 saturated heterocycles. The first-order chi connectivity index (χ1) is 14.1. The van der Waals surface area contributed by atoms with E-state index in [0.29, 0.717) is 23.0 Å². The van der Waals surface area contributed by atoms with Crippen LogP contribution in [0.2, 0.25) is 10.0 Å². The van der Waals surface area contributed by atoms with E-state index in [0.717, 1.165) is 33.6 Å². The molecule has 1 N–H and O–H groups in total. The van der Waals surface area contributed by atoms with Gasteiger partial charge in [-0.05, 0) is 35.6 Å². The van der Waals surface area contributed by atoms with Gasteiger partial charge in [-0.1, -0.05) is 72.6 Å². The Balaban J connectivity index is 1.47. The summed E-state index contributed by atoms with van der Waals surface area (Å²) in [5.41, 5.74) is 1.11. The van der Waals surface area contributed by atoms with Crippen LogP contribution >= 0.6 is 35.0 Å². The lowest BCUT2D eigenvalue weighted by Crippen LogP contribution is -2.39. The lowest BCUT2D eigenvalue weighted by atomic mass is 10.1. The number of carbonyl (C=O) groups is 1. The van der Waals surface area contributed by atoms with Crippen LogP contribution in [0.5, 0.6) is 5.75 Å².